The zero-order valence-electron chi connectivity index (χ0n) is 28.9. The molecule has 0 aliphatic carbocycles. The molecule has 240 valence electrons. The van der Waals surface area contributed by atoms with Crippen LogP contribution >= 0.6 is 0 Å². The molecule has 4 aliphatic heterocycles. The van der Waals surface area contributed by atoms with Crippen molar-refractivity contribution >= 4 is 17.2 Å². The maximum absolute atomic E-state index is 15.7. The summed E-state index contributed by atoms with van der Waals surface area (Å²) in [5.41, 5.74) is 8.25. The predicted molar refractivity (Wildman–Crippen MR) is 185 cm³/mol. The lowest BCUT2D eigenvalue weighted by atomic mass is 9.85. The van der Waals surface area contributed by atoms with Gasteiger partial charge < -0.3 is 9.80 Å². The number of anilines is 2. The minimum absolute atomic E-state index is 0.233. The van der Waals surface area contributed by atoms with Gasteiger partial charge in [0.15, 0.2) is 0 Å². The Hall–Kier alpha value is -2.37. The van der Waals surface area contributed by atoms with Gasteiger partial charge in [-0.3, -0.25) is 14.6 Å². The molecule has 0 saturated carbocycles. The standard InChI is InChI=1S/C39H58N4O/c1-25(2)31-15-9-16-32(26(3)4)35(31)42-23-29-13-11-19-40(21-29)38(42)37(44)39-41-20-12-14-30(22-41)24-43(39)36-33(27(5)6)17-10-18-34(36)28(7)8/h9-10,15-18,25-30,38-39H,11-14,19-24H2,1-8H3. The molecule has 4 aliphatic rings. The van der Waals surface area contributed by atoms with Gasteiger partial charge in [0.05, 0.1) is 0 Å². The Kier molecular flexibility index (Phi) is 9.19. The number of rotatable bonds is 8. The number of carbonyl (C=O) groups is 1. The third-order valence-corrected chi connectivity index (χ3v) is 11.1. The summed E-state index contributed by atoms with van der Waals surface area (Å²) in [6.07, 6.45) is 4.44. The van der Waals surface area contributed by atoms with E-state index >= 15 is 4.79 Å². The predicted octanol–water partition coefficient (Wildman–Crippen LogP) is 8.17. The number of para-hydroxylation sites is 2. The lowest BCUT2D eigenvalue weighted by molar-refractivity contribution is -0.134. The largest absolute Gasteiger partial charge is 0.348 e. The SMILES string of the molecule is CC(C)c1cccc(C(C)C)c1N1CC2CCCN(C2)C1C(=O)C1N2CCCC(C2)CN1c1c(C(C)C)cccc1C(C)C. The number of hydrogen-bond donors (Lipinski definition) is 0. The molecule has 6 atom stereocenters. The van der Waals surface area contributed by atoms with Crippen LogP contribution < -0.4 is 9.80 Å². The van der Waals surface area contributed by atoms with Crippen molar-refractivity contribution in [2.24, 2.45) is 11.8 Å². The number of ketones is 1. The van der Waals surface area contributed by atoms with Gasteiger partial charge in [-0.1, -0.05) is 91.8 Å². The Balaban J connectivity index is 1.51. The molecule has 44 heavy (non-hydrogen) atoms. The van der Waals surface area contributed by atoms with E-state index in [9.17, 15) is 0 Å². The van der Waals surface area contributed by atoms with Crippen molar-refractivity contribution in [2.75, 3.05) is 49.1 Å². The molecule has 0 aromatic heterocycles. The summed E-state index contributed by atoms with van der Waals surface area (Å²) in [5, 5.41) is 0. The summed E-state index contributed by atoms with van der Waals surface area (Å²) in [4.78, 5) is 26.0. The lowest BCUT2D eigenvalue weighted by Crippen LogP contribution is -2.71. The molecule has 6 rings (SSSR count). The first-order chi connectivity index (χ1) is 21.1. The van der Waals surface area contributed by atoms with Crippen molar-refractivity contribution in [3.05, 3.63) is 58.7 Å². The first-order valence-electron chi connectivity index (χ1n) is 17.9. The molecule has 0 N–H and O–H groups in total. The fourth-order valence-electron chi connectivity index (χ4n) is 9.00. The van der Waals surface area contributed by atoms with E-state index in [1.54, 1.807) is 0 Å². The van der Waals surface area contributed by atoms with Gasteiger partial charge in [0.1, 0.15) is 12.3 Å². The smallest absolute Gasteiger partial charge is 0.207 e. The van der Waals surface area contributed by atoms with Gasteiger partial charge in [-0.25, -0.2) is 0 Å². The number of fused-ring (bicyclic) bond motifs is 4. The topological polar surface area (TPSA) is 30.0 Å². The van der Waals surface area contributed by atoms with Crippen LogP contribution in [0.15, 0.2) is 36.4 Å². The van der Waals surface area contributed by atoms with Crippen LogP contribution in [0.5, 0.6) is 0 Å². The highest BCUT2D eigenvalue weighted by atomic mass is 16.1. The Labute approximate surface area is 268 Å². The Morgan fingerprint density at radius 3 is 1.23 bits per heavy atom. The van der Waals surface area contributed by atoms with Crippen molar-refractivity contribution in [3.8, 4) is 0 Å². The van der Waals surface area contributed by atoms with E-state index in [1.165, 1.54) is 59.3 Å². The molecule has 5 nitrogen and oxygen atoms in total. The quantitative estimate of drug-likeness (QED) is 0.306. The van der Waals surface area contributed by atoms with E-state index in [0.717, 1.165) is 39.3 Å². The van der Waals surface area contributed by atoms with E-state index in [2.05, 4.69) is 111 Å². The van der Waals surface area contributed by atoms with Gasteiger partial charge in [-0.2, -0.15) is 0 Å². The maximum Gasteiger partial charge on any atom is 0.207 e. The summed E-state index contributed by atoms with van der Waals surface area (Å²) in [5.74, 6) is 3.22. The highest BCUT2D eigenvalue weighted by Crippen LogP contribution is 2.44. The second-order valence-corrected chi connectivity index (χ2v) is 15.6. The second-order valence-electron chi connectivity index (χ2n) is 15.6. The van der Waals surface area contributed by atoms with Crippen LogP contribution in [0, 0.1) is 11.8 Å². The lowest BCUT2D eigenvalue weighted by Gasteiger charge is -2.56. The molecule has 0 amide bonds. The number of carbonyl (C=O) groups excluding carboxylic acids is 1. The van der Waals surface area contributed by atoms with Crippen molar-refractivity contribution in [2.45, 2.75) is 117 Å². The molecule has 6 unspecified atom stereocenters. The molecular formula is C39H58N4O. The Bertz CT molecular complexity index is 1180. The van der Waals surface area contributed by atoms with Gasteiger partial charge in [0, 0.05) is 50.6 Å². The minimum atomic E-state index is -0.233. The summed E-state index contributed by atoms with van der Waals surface area (Å²) < 4.78 is 0. The van der Waals surface area contributed by atoms with Crippen LogP contribution in [0.25, 0.3) is 0 Å². The third-order valence-electron chi connectivity index (χ3n) is 11.1. The van der Waals surface area contributed by atoms with Crippen LogP contribution in [0.1, 0.15) is 127 Å². The molecule has 4 heterocycles. The zero-order valence-corrected chi connectivity index (χ0v) is 28.9. The summed E-state index contributed by atoms with van der Waals surface area (Å²) in [6.45, 7) is 24.6. The van der Waals surface area contributed by atoms with E-state index in [4.69, 9.17) is 0 Å². The fraction of sp³-hybridized carbons (Fsp3) is 0.667. The van der Waals surface area contributed by atoms with Gasteiger partial charge in [0.25, 0.3) is 0 Å². The van der Waals surface area contributed by atoms with Crippen LogP contribution in [-0.2, 0) is 4.79 Å². The molecule has 4 fully saturated rings. The molecule has 0 radical (unpaired) electrons. The van der Waals surface area contributed by atoms with Crippen LogP contribution in [-0.4, -0.2) is 67.2 Å². The first kappa shape index (κ1) is 31.6. The normalized spacial score (nSPS) is 28.8. The maximum atomic E-state index is 15.7. The van der Waals surface area contributed by atoms with E-state index in [-0.39, 0.29) is 12.3 Å². The highest BCUT2D eigenvalue weighted by Gasteiger charge is 2.50. The molecule has 2 aromatic rings. The molecular weight excluding hydrogens is 540 g/mol. The molecule has 2 aromatic carbocycles. The summed E-state index contributed by atoms with van der Waals surface area (Å²) in [7, 11) is 0. The monoisotopic (exact) mass is 598 g/mol. The molecule has 4 saturated heterocycles. The highest BCUT2D eigenvalue weighted by molar-refractivity contribution is 5.95. The number of hydrogen-bond acceptors (Lipinski definition) is 5. The molecule has 4 bridgehead atoms. The van der Waals surface area contributed by atoms with Crippen LogP contribution in [0.4, 0.5) is 11.4 Å². The second kappa shape index (κ2) is 12.8. The first-order valence-corrected chi connectivity index (χ1v) is 17.9. The number of piperidine rings is 2. The van der Waals surface area contributed by atoms with E-state index < -0.39 is 0 Å². The number of nitrogens with zero attached hydrogens (tertiary/aromatic N) is 4. The fourth-order valence-corrected chi connectivity index (χ4v) is 9.00. The summed E-state index contributed by atoms with van der Waals surface area (Å²) >= 11 is 0. The van der Waals surface area contributed by atoms with Crippen molar-refractivity contribution in [1.82, 2.24) is 9.80 Å². The summed E-state index contributed by atoms with van der Waals surface area (Å²) in [6, 6.07) is 13.8. The Morgan fingerprint density at radius 2 is 0.909 bits per heavy atom. The van der Waals surface area contributed by atoms with Gasteiger partial charge >= 0.3 is 0 Å². The van der Waals surface area contributed by atoms with E-state index in [0.29, 0.717) is 41.3 Å². The average molecular weight is 599 g/mol. The van der Waals surface area contributed by atoms with Gasteiger partial charge in [0.2, 0.25) is 5.78 Å². The minimum Gasteiger partial charge on any atom is -0.348 e. The van der Waals surface area contributed by atoms with Gasteiger partial charge in [-0.15, -0.1) is 0 Å². The van der Waals surface area contributed by atoms with Crippen molar-refractivity contribution in [3.63, 3.8) is 0 Å². The number of benzene rings is 2. The average Bonchev–Trinajstić information content (AvgIpc) is 2.99. The van der Waals surface area contributed by atoms with Crippen molar-refractivity contribution in [1.29, 1.82) is 0 Å². The molecule has 5 heteroatoms. The zero-order chi connectivity index (χ0) is 31.3. The van der Waals surface area contributed by atoms with Crippen molar-refractivity contribution < 1.29 is 4.79 Å². The van der Waals surface area contributed by atoms with Gasteiger partial charge in [-0.05, 0) is 83.4 Å². The molecule has 0 spiro atoms. The van der Waals surface area contributed by atoms with Crippen LogP contribution in [0.3, 0.4) is 0 Å². The Morgan fingerprint density at radius 1 is 0.568 bits per heavy atom. The van der Waals surface area contributed by atoms with E-state index in [1.807, 2.05) is 0 Å². The van der Waals surface area contributed by atoms with Crippen LogP contribution in [0.2, 0.25) is 0 Å². The number of Topliss-reactive ketones (excluding diaryl/α,β-unsaturated/α-hetero) is 1. The third kappa shape index (κ3) is 5.73.